The smallest absolute Gasteiger partial charge is 0.350 e. The van der Waals surface area contributed by atoms with Gasteiger partial charge in [-0.3, -0.25) is 40.6 Å². The first-order valence-electron chi connectivity index (χ1n) is 6.17. The van der Waals surface area contributed by atoms with Gasteiger partial charge in [0.15, 0.2) is 0 Å². The van der Waals surface area contributed by atoms with Crippen LogP contribution in [0.4, 0.5) is 24.0 Å². The maximum Gasteiger partial charge on any atom is 0.376 e. The van der Waals surface area contributed by atoms with E-state index in [1.807, 2.05) is 0 Å². The third-order valence-electron chi connectivity index (χ3n) is 2.13. The van der Waals surface area contributed by atoms with E-state index in [-0.39, 0.29) is 35.8 Å². The standard InChI is InChI=1S/C9H11N9O9/c10-5(23)17(18(14-4-22)7(25)12-2-20)9(27)16(13-3-21)8(26)15-6(24)11-1-19/h1-4H,(H2,10,23)(H,13,21)(H,14,22)(H,12,20,25)(H2,11,15,19,24,26). The Morgan fingerprint density at radius 3 is 1.74 bits per heavy atom. The van der Waals surface area contributed by atoms with Crippen LogP contribution in [0, 0.1) is 0 Å². The van der Waals surface area contributed by atoms with Crippen LogP contribution in [0.5, 0.6) is 0 Å². The first kappa shape index (κ1) is 22.2. The molecule has 18 nitrogen and oxygen atoms in total. The van der Waals surface area contributed by atoms with Crippen molar-refractivity contribution in [2.45, 2.75) is 0 Å². The predicted octanol–water partition coefficient (Wildman–Crippen LogP) is -4.23. The molecular formula is C9H11N9O9. The van der Waals surface area contributed by atoms with E-state index in [1.54, 1.807) is 0 Å². The number of rotatable bonds is 6. The lowest BCUT2D eigenvalue weighted by atomic mass is 10.7. The molecule has 0 bridgehead atoms. The first-order chi connectivity index (χ1) is 12.7. The molecule has 0 aromatic carbocycles. The summed E-state index contributed by atoms with van der Waals surface area (Å²) in [6.45, 7) is 0. The van der Waals surface area contributed by atoms with Gasteiger partial charge < -0.3 is 5.73 Å². The van der Waals surface area contributed by atoms with E-state index < -0.39 is 35.2 Å². The van der Waals surface area contributed by atoms with Crippen LogP contribution in [0.25, 0.3) is 0 Å². The molecule has 14 amide bonds. The lowest BCUT2D eigenvalue weighted by molar-refractivity contribution is -0.117. The molecule has 0 unspecified atom stereocenters. The molecule has 27 heavy (non-hydrogen) atoms. The van der Waals surface area contributed by atoms with Gasteiger partial charge in [-0.25, -0.2) is 29.4 Å². The van der Waals surface area contributed by atoms with Crippen molar-refractivity contribution in [2.75, 3.05) is 0 Å². The van der Waals surface area contributed by atoms with Crippen molar-refractivity contribution < 1.29 is 43.2 Å². The number of imide groups is 5. The van der Waals surface area contributed by atoms with Crippen molar-refractivity contribution in [3.63, 3.8) is 0 Å². The zero-order valence-corrected chi connectivity index (χ0v) is 12.9. The number of nitrogens with zero attached hydrogens (tertiary/aromatic N) is 3. The monoisotopic (exact) mass is 389 g/mol. The lowest BCUT2D eigenvalue weighted by Gasteiger charge is -2.31. The number of nitrogens with two attached hydrogens (primary N) is 1. The highest BCUT2D eigenvalue weighted by Crippen LogP contribution is 2.02. The fourth-order valence-corrected chi connectivity index (χ4v) is 1.24. The highest BCUT2D eigenvalue weighted by atomic mass is 16.3. The minimum atomic E-state index is -1.90. The predicted molar refractivity (Wildman–Crippen MR) is 76.6 cm³/mol. The van der Waals surface area contributed by atoms with Crippen LogP contribution in [-0.4, -0.2) is 70.9 Å². The third kappa shape index (κ3) is 6.33. The van der Waals surface area contributed by atoms with E-state index in [9.17, 15) is 43.2 Å². The largest absolute Gasteiger partial charge is 0.376 e. The molecule has 0 fully saturated rings. The van der Waals surface area contributed by atoms with Crippen molar-refractivity contribution in [3.8, 4) is 0 Å². The molecule has 146 valence electrons. The number of hydrazine groups is 3. The van der Waals surface area contributed by atoms with Gasteiger partial charge in [0.1, 0.15) is 0 Å². The molecule has 18 heteroatoms. The minimum Gasteiger partial charge on any atom is -0.350 e. The Morgan fingerprint density at radius 2 is 1.30 bits per heavy atom. The highest BCUT2D eigenvalue weighted by Gasteiger charge is 2.37. The Morgan fingerprint density at radius 1 is 0.741 bits per heavy atom. The summed E-state index contributed by atoms with van der Waals surface area (Å²) in [6, 6.07) is -8.43. The molecule has 0 radical (unpaired) electrons. The van der Waals surface area contributed by atoms with Gasteiger partial charge in [0.25, 0.3) is 0 Å². The SMILES string of the molecule is NC(=O)N(C(=O)N(NC=O)C(=O)NC(=O)NC=O)N(NC=O)C(=O)NC=O. The fourth-order valence-electron chi connectivity index (χ4n) is 1.24. The van der Waals surface area contributed by atoms with Gasteiger partial charge in [0, 0.05) is 0 Å². The Kier molecular flexibility index (Phi) is 8.98. The zero-order chi connectivity index (χ0) is 21.0. The molecule has 0 saturated carbocycles. The molecule has 0 aliphatic carbocycles. The average Bonchev–Trinajstić information content (AvgIpc) is 2.58. The van der Waals surface area contributed by atoms with Gasteiger partial charge in [0.05, 0.1) is 0 Å². The van der Waals surface area contributed by atoms with Crippen LogP contribution < -0.4 is 32.5 Å². The van der Waals surface area contributed by atoms with Gasteiger partial charge in [-0.05, 0) is 0 Å². The summed E-state index contributed by atoms with van der Waals surface area (Å²) < 4.78 is 0. The Hall–Kier alpha value is -4.77. The minimum absolute atomic E-state index is 0.128. The maximum absolute atomic E-state index is 12.3. The quantitative estimate of drug-likeness (QED) is 0.190. The molecule has 0 saturated heterocycles. The molecule has 0 rings (SSSR count). The van der Waals surface area contributed by atoms with Crippen LogP contribution in [0.1, 0.15) is 0 Å². The van der Waals surface area contributed by atoms with E-state index >= 15 is 0 Å². The van der Waals surface area contributed by atoms with E-state index in [2.05, 4.69) is 0 Å². The lowest BCUT2D eigenvalue weighted by Crippen LogP contribution is -2.67. The summed E-state index contributed by atoms with van der Waals surface area (Å²) in [5.74, 6) is 0. The summed E-state index contributed by atoms with van der Waals surface area (Å²) >= 11 is 0. The number of nitrogens with one attached hydrogen (secondary N) is 5. The number of carbonyl (C=O) groups excluding carboxylic acids is 9. The van der Waals surface area contributed by atoms with Gasteiger partial charge in [-0.1, -0.05) is 0 Å². The zero-order valence-electron chi connectivity index (χ0n) is 12.9. The first-order valence-corrected chi connectivity index (χ1v) is 6.17. The highest BCUT2D eigenvalue weighted by molar-refractivity contribution is 6.06. The third-order valence-corrected chi connectivity index (χ3v) is 2.13. The van der Waals surface area contributed by atoms with E-state index in [1.165, 1.54) is 26.8 Å². The molecule has 0 aromatic rings. The molecular weight excluding hydrogens is 378 g/mol. The van der Waals surface area contributed by atoms with Crippen molar-refractivity contribution in [1.29, 1.82) is 0 Å². The second-order valence-corrected chi connectivity index (χ2v) is 3.66. The molecule has 0 aliphatic rings. The van der Waals surface area contributed by atoms with Crippen LogP contribution in [0.3, 0.4) is 0 Å². The molecule has 0 heterocycles. The maximum atomic E-state index is 12.3. The number of primary amides is 1. The Balaban J connectivity index is 5.81. The second-order valence-electron chi connectivity index (χ2n) is 3.66. The number of hydrogen-bond donors (Lipinski definition) is 6. The van der Waals surface area contributed by atoms with Gasteiger partial charge in [-0.2, -0.15) is 0 Å². The summed E-state index contributed by atoms with van der Waals surface area (Å²) in [4.78, 5) is 99.9. The van der Waals surface area contributed by atoms with Crippen molar-refractivity contribution in [1.82, 2.24) is 41.9 Å². The summed E-state index contributed by atoms with van der Waals surface area (Å²) in [5.41, 5.74) is 7.86. The van der Waals surface area contributed by atoms with Gasteiger partial charge in [-0.15, -0.1) is 15.1 Å². The summed E-state index contributed by atoms with van der Waals surface area (Å²) in [7, 11) is 0. The summed E-state index contributed by atoms with van der Waals surface area (Å²) in [5, 5.41) is 3.31. The molecule has 0 aliphatic heterocycles. The van der Waals surface area contributed by atoms with E-state index in [0.717, 1.165) is 0 Å². The van der Waals surface area contributed by atoms with Crippen LogP contribution in [-0.2, 0) is 19.2 Å². The van der Waals surface area contributed by atoms with Crippen molar-refractivity contribution >= 4 is 55.8 Å². The normalized spacial score (nSPS) is 8.74. The number of hydrogen-bond acceptors (Lipinski definition) is 9. The average molecular weight is 389 g/mol. The topological polar surface area (TPSA) is 250 Å². The summed E-state index contributed by atoms with van der Waals surface area (Å²) in [6.07, 6.45) is -0.791. The Bertz CT molecular complexity index is 665. The van der Waals surface area contributed by atoms with E-state index in [0.29, 0.717) is 0 Å². The number of carbonyl (C=O) groups is 9. The molecule has 0 spiro atoms. The van der Waals surface area contributed by atoms with Gasteiger partial charge >= 0.3 is 30.2 Å². The molecule has 7 N–H and O–H groups in total. The molecule has 0 aromatic heterocycles. The van der Waals surface area contributed by atoms with Crippen LogP contribution in [0.2, 0.25) is 0 Å². The van der Waals surface area contributed by atoms with Crippen molar-refractivity contribution in [2.24, 2.45) is 5.73 Å². The Labute approximate surface area is 147 Å². The van der Waals surface area contributed by atoms with Crippen molar-refractivity contribution in [3.05, 3.63) is 0 Å². The van der Waals surface area contributed by atoms with Crippen LogP contribution in [0.15, 0.2) is 0 Å². The van der Waals surface area contributed by atoms with Gasteiger partial charge in [0.2, 0.25) is 25.6 Å². The number of urea groups is 5. The fraction of sp³-hybridized carbons (Fsp3) is 0. The number of amides is 14. The van der Waals surface area contributed by atoms with Crippen LogP contribution >= 0.6 is 0 Å². The van der Waals surface area contributed by atoms with E-state index in [4.69, 9.17) is 5.73 Å². The molecule has 0 atom stereocenters. The second kappa shape index (κ2) is 10.9.